The van der Waals surface area contributed by atoms with Gasteiger partial charge in [0.25, 0.3) is 0 Å². The highest BCUT2D eigenvalue weighted by molar-refractivity contribution is 5.70. The summed E-state index contributed by atoms with van der Waals surface area (Å²) in [7, 11) is 0. The topological polar surface area (TPSA) is 70.8 Å². The molecule has 0 spiro atoms. The van der Waals surface area contributed by atoms with Crippen LogP contribution in [0.5, 0.6) is 0 Å². The highest BCUT2D eigenvalue weighted by atomic mass is 16.7. The van der Waals surface area contributed by atoms with Crippen LogP contribution in [0.2, 0.25) is 0 Å². The molecule has 5 nitrogen and oxygen atoms in total. The van der Waals surface area contributed by atoms with E-state index in [9.17, 15) is 4.79 Å². The van der Waals surface area contributed by atoms with E-state index in [1.807, 2.05) is 27.7 Å². The quantitative estimate of drug-likeness (QED) is 0.759. The number of esters is 1. The third-order valence-corrected chi connectivity index (χ3v) is 2.99. The molecule has 0 aromatic heterocycles. The van der Waals surface area contributed by atoms with E-state index in [0.29, 0.717) is 13.0 Å². The minimum absolute atomic E-state index is 0.0457. The first-order chi connectivity index (χ1) is 8.36. The average Bonchev–Trinajstić information content (AvgIpc) is 2.26. The Morgan fingerprint density at radius 3 is 2.61 bits per heavy atom. The van der Waals surface area contributed by atoms with Crippen LogP contribution in [0.15, 0.2) is 0 Å². The number of carbonyl (C=O) groups is 1. The minimum atomic E-state index is -0.691. The van der Waals surface area contributed by atoms with Gasteiger partial charge >= 0.3 is 5.97 Å². The molecular weight excluding hydrogens is 234 g/mol. The fourth-order valence-corrected chi connectivity index (χ4v) is 2.03. The molecule has 3 atom stereocenters. The summed E-state index contributed by atoms with van der Waals surface area (Å²) in [5, 5.41) is 0. The largest absolute Gasteiger partial charge is 0.463 e. The van der Waals surface area contributed by atoms with E-state index in [-0.39, 0.29) is 30.7 Å². The van der Waals surface area contributed by atoms with Gasteiger partial charge in [0.15, 0.2) is 5.79 Å². The summed E-state index contributed by atoms with van der Waals surface area (Å²) in [5.74, 6) is -0.910. The maximum atomic E-state index is 11.7. The van der Waals surface area contributed by atoms with Crippen molar-refractivity contribution in [3.05, 3.63) is 0 Å². The van der Waals surface area contributed by atoms with Gasteiger partial charge in [-0.15, -0.1) is 0 Å². The Morgan fingerprint density at radius 1 is 1.44 bits per heavy atom. The predicted molar refractivity (Wildman–Crippen MR) is 68.0 cm³/mol. The SMILES string of the molecule is CCC(C)OC(=O)C[C@H]1C[C@H](CN)OC(C)(C)O1. The normalized spacial score (nSPS) is 28.7. The molecule has 0 radical (unpaired) electrons. The molecule has 1 aliphatic heterocycles. The zero-order chi connectivity index (χ0) is 13.8. The molecule has 1 unspecified atom stereocenters. The van der Waals surface area contributed by atoms with Gasteiger partial charge in [-0.25, -0.2) is 0 Å². The van der Waals surface area contributed by atoms with Gasteiger partial charge < -0.3 is 19.9 Å². The Balaban J connectivity index is 2.48. The van der Waals surface area contributed by atoms with Crippen molar-refractivity contribution in [3.8, 4) is 0 Å². The van der Waals surface area contributed by atoms with E-state index in [1.165, 1.54) is 0 Å². The van der Waals surface area contributed by atoms with E-state index in [4.69, 9.17) is 19.9 Å². The molecule has 1 rings (SSSR count). The third kappa shape index (κ3) is 4.92. The van der Waals surface area contributed by atoms with E-state index in [0.717, 1.165) is 6.42 Å². The molecular formula is C13H25NO4. The van der Waals surface area contributed by atoms with E-state index >= 15 is 0 Å². The van der Waals surface area contributed by atoms with E-state index in [1.54, 1.807) is 0 Å². The van der Waals surface area contributed by atoms with Crippen molar-refractivity contribution >= 4 is 5.97 Å². The molecule has 1 saturated heterocycles. The van der Waals surface area contributed by atoms with Crippen LogP contribution in [0.4, 0.5) is 0 Å². The first-order valence-electron chi connectivity index (χ1n) is 6.61. The molecule has 0 amide bonds. The molecule has 1 fully saturated rings. The van der Waals surface area contributed by atoms with Crippen LogP contribution in [0.3, 0.4) is 0 Å². The molecule has 0 aromatic carbocycles. The molecule has 0 aromatic rings. The van der Waals surface area contributed by atoms with Crippen molar-refractivity contribution in [3.63, 3.8) is 0 Å². The fourth-order valence-electron chi connectivity index (χ4n) is 2.03. The molecule has 1 aliphatic rings. The third-order valence-electron chi connectivity index (χ3n) is 2.99. The summed E-state index contributed by atoms with van der Waals surface area (Å²) in [6, 6.07) is 0. The summed E-state index contributed by atoms with van der Waals surface area (Å²) in [6.07, 6.45) is 1.42. The van der Waals surface area contributed by atoms with Crippen molar-refractivity contribution in [2.45, 2.75) is 71.1 Å². The lowest BCUT2D eigenvalue weighted by atomic mass is 10.1. The average molecular weight is 259 g/mol. The molecule has 0 saturated carbocycles. The number of hydrogen-bond acceptors (Lipinski definition) is 5. The molecule has 106 valence electrons. The molecule has 0 bridgehead atoms. The Morgan fingerprint density at radius 2 is 2.06 bits per heavy atom. The van der Waals surface area contributed by atoms with Crippen LogP contribution >= 0.6 is 0 Å². The van der Waals surface area contributed by atoms with Crippen molar-refractivity contribution in [1.82, 2.24) is 0 Å². The van der Waals surface area contributed by atoms with Gasteiger partial charge in [-0.2, -0.15) is 0 Å². The smallest absolute Gasteiger partial charge is 0.308 e. The molecule has 2 N–H and O–H groups in total. The molecule has 18 heavy (non-hydrogen) atoms. The van der Waals surface area contributed by atoms with Crippen LogP contribution in [-0.2, 0) is 19.0 Å². The second-order valence-corrected chi connectivity index (χ2v) is 5.26. The predicted octanol–water partition coefficient (Wildman–Crippen LogP) is 1.59. The van der Waals surface area contributed by atoms with Crippen molar-refractivity contribution in [2.24, 2.45) is 5.73 Å². The van der Waals surface area contributed by atoms with Gasteiger partial charge in [-0.3, -0.25) is 4.79 Å². The first kappa shape index (κ1) is 15.4. The Hall–Kier alpha value is -0.650. The number of carbonyl (C=O) groups excluding carboxylic acids is 1. The van der Waals surface area contributed by atoms with Crippen LogP contribution in [0.1, 0.15) is 47.0 Å². The Kier molecular flexibility index (Phi) is 5.56. The summed E-state index contributed by atoms with van der Waals surface area (Å²) in [4.78, 5) is 11.7. The zero-order valence-corrected chi connectivity index (χ0v) is 11.8. The minimum Gasteiger partial charge on any atom is -0.463 e. The number of rotatable bonds is 5. The molecule has 5 heteroatoms. The van der Waals surface area contributed by atoms with Gasteiger partial charge in [-0.1, -0.05) is 6.92 Å². The lowest BCUT2D eigenvalue weighted by molar-refractivity contribution is -0.297. The molecule has 0 aliphatic carbocycles. The van der Waals surface area contributed by atoms with Crippen molar-refractivity contribution in [2.75, 3.05) is 6.54 Å². The summed E-state index contributed by atoms with van der Waals surface area (Å²) in [5.41, 5.74) is 5.62. The van der Waals surface area contributed by atoms with Gasteiger partial charge in [0.2, 0.25) is 0 Å². The van der Waals surface area contributed by atoms with Crippen LogP contribution in [-0.4, -0.2) is 36.6 Å². The number of hydrogen-bond donors (Lipinski definition) is 1. The maximum absolute atomic E-state index is 11.7. The van der Waals surface area contributed by atoms with Crippen molar-refractivity contribution < 1.29 is 19.0 Å². The lowest BCUT2D eigenvalue weighted by Gasteiger charge is -2.40. The van der Waals surface area contributed by atoms with Gasteiger partial charge in [0.1, 0.15) is 0 Å². The van der Waals surface area contributed by atoms with Crippen LogP contribution in [0, 0.1) is 0 Å². The highest BCUT2D eigenvalue weighted by Gasteiger charge is 2.36. The summed E-state index contributed by atoms with van der Waals surface area (Å²) in [6.45, 7) is 7.97. The monoisotopic (exact) mass is 259 g/mol. The van der Waals surface area contributed by atoms with Crippen LogP contribution < -0.4 is 5.73 Å². The lowest BCUT2D eigenvalue weighted by Crippen LogP contribution is -2.47. The summed E-state index contributed by atoms with van der Waals surface area (Å²) < 4.78 is 16.6. The second kappa shape index (κ2) is 6.50. The standard InChI is InChI=1S/C13H25NO4/c1-5-9(2)16-12(15)7-10-6-11(8-14)18-13(3,4)17-10/h9-11H,5-8,14H2,1-4H3/t9?,10-,11-/m1/s1. The number of ether oxygens (including phenoxy) is 3. The summed E-state index contributed by atoms with van der Waals surface area (Å²) >= 11 is 0. The van der Waals surface area contributed by atoms with Gasteiger partial charge in [0, 0.05) is 13.0 Å². The highest BCUT2D eigenvalue weighted by Crippen LogP contribution is 2.28. The molecule has 1 heterocycles. The maximum Gasteiger partial charge on any atom is 0.308 e. The Bertz CT molecular complexity index is 280. The van der Waals surface area contributed by atoms with Gasteiger partial charge in [0.05, 0.1) is 24.7 Å². The fraction of sp³-hybridized carbons (Fsp3) is 0.923. The second-order valence-electron chi connectivity index (χ2n) is 5.26. The van der Waals surface area contributed by atoms with Gasteiger partial charge in [-0.05, 0) is 27.2 Å². The van der Waals surface area contributed by atoms with Crippen molar-refractivity contribution in [1.29, 1.82) is 0 Å². The van der Waals surface area contributed by atoms with E-state index in [2.05, 4.69) is 0 Å². The van der Waals surface area contributed by atoms with Crippen LogP contribution in [0.25, 0.3) is 0 Å². The zero-order valence-electron chi connectivity index (χ0n) is 11.8. The first-order valence-corrected chi connectivity index (χ1v) is 6.61. The number of nitrogens with two attached hydrogens (primary N) is 1. The van der Waals surface area contributed by atoms with E-state index < -0.39 is 5.79 Å². The Labute approximate surface area is 109 Å².